The SMILES string of the molecule is CCNc1nc(C2CCC(C(C)(C)C)CC2)nc(C)c1I. The van der Waals surface area contributed by atoms with E-state index >= 15 is 0 Å². The van der Waals surface area contributed by atoms with Crippen LogP contribution in [-0.4, -0.2) is 16.5 Å². The second-order valence-corrected chi connectivity index (χ2v) is 8.35. The van der Waals surface area contributed by atoms with E-state index < -0.39 is 0 Å². The highest BCUT2D eigenvalue weighted by molar-refractivity contribution is 14.1. The largest absolute Gasteiger partial charge is 0.369 e. The molecule has 0 amide bonds. The van der Waals surface area contributed by atoms with Crippen molar-refractivity contribution in [2.75, 3.05) is 11.9 Å². The Balaban J connectivity index is 2.13. The molecular weight excluding hydrogens is 373 g/mol. The molecule has 2 rings (SSSR count). The summed E-state index contributed by atoms with van der Waals surface area (Å²) in [6.45, 7) is 12.2. The van der Waals surface area contributed by atoms with Crippen LogP contribution in [0.5, 0.6) is 0 Å². The van der Waals surface area contributed by atoms with Crippen molar-refractivity contribution in [1.82, 2.24) is 9.97 Å². The fourth-order valence-electron chi connectivity index (χ4n) is 3.27. The number of nitrogens with zero attached hydrogens (tertiary/aromatic N) is 2. The van der Waals surface area contributed by atoms with Gasteiger partial charge in [0.1, 0.15) is 11.6 Å². The fraction of sp³-hybridized carbons (Fsp3) is 0.765. The highest BCUT2D eigenvalue weighted by atomic mass is 127. The van der Waals surface area contributed by atoms with Crippen LogP contribution in [0.25, 0.3) is 0 Å². The van der Waals surface area contributed by atoms with Crippen molar-refractivity contribution in [3.8, 4) is 0 Å². The van der Waals surface area contributed by atoms with E-state index in [1.54, 1.807) is 0 Å². The maximum absolute atomic E-state index is 4.80. The van der Waals surface area contributed by atoms with Gasteiger partial charge in [-0.1, -0.05) is 20.8 Å². The number of anilines is 1. The van der Waals surface area contributed by atoms with E-state index in [2.05, 4.69) is 62.5 Å². The second-order valence-electron chi connectivity index (χ2n) is 7.27. The molecule has 0 radical (unpaired) electrons. The molecule has 4 heteroatoms. The van der Waals surface area contributed by atoms with E-state index in [-0.39, 0.29) is 0 Å². The van der Waals surface area contributed by atoms with Gasteiger partial charge in [0.15, 0.2) is 0 Å². The Kier molecular flexibility index (Phi) is 5.49. The molecule has 0 aromatic carbocycles. The van der Waals surface area contributed by atoms with E-state index in [0.717, 1.165) is 33.4 Å². The van der Waals surface area contributed by atoms with E-state index in [1.165, 1.54) is 25.7 Å². The van der Waals surface area contributed by atoms with Crippen LogP contribution in [0.15, 0.2) is 0 Å². The number of aromatic nitrogens is 2. The lowest BCUT2D eigenvalue weighted by Crippen LogP contribution is -2.26. The van der Waals surface area contributed by atoms with Gasteiger partial charge in [-0.3, -0.25) is 0 Å². The minimum absolute atomic E-state index is 0.433. The molecule has 1 fully saturated rings. The zero-order chi connectivity index (χ0) is 15.6. The Hall–Kier alpha value is -0.390. The third-order valence-corrected chi connectivity index (χ3v) is 5.99. The molecule has 1 heterocycles. The summed E-state index contributed by atoms with van der Waals surface area (Å²) in [6.07, 6.45) is 5.07. The molecule has 0 saturated heterocycles. The first kappa shape index (κ1) is 17.0. The minimum Gasteiger partial charge on any atom is -0.369 e. The minimum atomic E-state index is 0.433. The maximum Gasteiger partial charge on any atom is 0.143 e. The van der Waals surface area contributed by atoms with Gasteiger partial charge in [-0.25, -0.2) is 9.97 Å². The average molecular weight is 401 g/mol. The van der Waals surface area contributed by atoms with Crippen molar-refractivity contribution in [2.45, 2.75) is 66.2 Å². The highest BCUT2D eigenvalue weighted by Gasteiger charge is 2.31. The van der Waals surface area contributed by atoms with Gasteiger partial charge in [0.05, 0.1) is 9.26 Å². The molecule has 1 aromatic heterocycles. The molecule has 1 saturated carbocycles. The van der Waals surface area contributed by atoms with Crippen LogP contribution in [0, 0.1) is 21.8 Å². The van der Waals surface area contributed by atoms with Crippen LogP contribution in [0.1, 0.15) is 70.8 Å². The van der Waals surface area contributed by atoms with Crippen LogP contribution >= 0.6 is 22.6 Å². The summed E-state index contributed by atoms with van der Waals surface area (Å²) in [5, 5.41) is 3.37. The van der Waals surface area contributed by atoms with Crippen molar-refractivity contribution in [3.05, 3.63) is 15.1 Å². The van der Waals surface area contributed by atoms with Crippen molar-refractivity contribution < 1.29 is 0 Å². The lowest BCUT2D eigenvalue weighted by atomic mass is 9.69. The average Bonchev–Trinajstić information content (AvgIpc) is 2.43. The molecule has 0 atom stereocenters. The predicted molar refractivity (Wildman–Crippen MR) is 97.8 cm³/mol. The molecule has 3 nitrogen and oxygen atoms in total. The summed E-state index contributed by atoms with van der Waals surface area (Å²) in [4.78, 5) is 9.57. The number of hydrogen-bond acceptors (Lipinski definition) is 3. The van der Waals surface area contributed by atoms with E-state index in [9.17, 15) is 0 Å². The van der Waals surface area contributed by atoms with Crippen molar-refractivity contribution in [3.63, 3.8) is 0 Å². The summed E-state index contributed by atoms with van der Waals surface area (Å²) in [5.74, 6) is 3.44. The van der Waals surface area contributed by atoms with Gasteiger partial charge in [-0.05, 0) is 73.5 Å². The second kappa shape index (κ2) is 6.80. The first-order chi connectivity index (χ1) is 9.82. The van der Waals surface area contributed by atoms with E-state index in [0.29, 0.717) is 11.3 Å². The smallest absolute Gasteiger partial charge is 0.143 e. The Labute approximate surface area is 142 Å². The van der Waals surface area contributed by atoms with Gasteiger partial charge < -0.3 is 5.32 Å². The molecule has 1 N–H and O–H groups in total. The number of nitrogens with one attached hydrogen (secondary N) is 1. The van der Waals surface area contributed by atoms with Crippen LogP contribution < -0.4 is 5.32 Å². The number of rotatable bonds is 3. The maximum atomic E-state index is 4.80. The van der Waals surface area contributed by atoms with Crippen molar-refractivity contribution in [2.24, 2.45) is 11.3 Å². The van der Waals surface area contributed by atoms with Gasteiger partial charge in [0, 0.05) is 12.5 Å². The van der Waals surface area contributed by atoms with Gasteiger partial charge in [-0.15, -0.1) is 0 Å². The standard InChI is InChI=1S/C17H28IN3/c1-6-19-16-14(18)11(2)20-15(21-16)12-7-9-13(10-8-12)17(3,4)5/h12-13H,6-10H2,1-5H3,(H,19,20,21). The molecule has 1 aliphatic carbocycles. The molecular formula is C17H28IN3. The quantitative estimate of drug-likeness (QED) is 0.713. The Morgan fingerprint density at radius 2 is 1.76 bits per heavy atom. The molecule has 118 valence electrons. The molecule has 1 aliphatic rings. The van der Waals surface area contributed by atoms with Crippen molar-refractivity contribution in [1.29, 1.82) is 0 Å². The van der Waals surface area contributed by atoms with Gasteiger partial charge in [0.2, 0.25) is 0 Å². The number of hydrogen-bond donors (Lipinski definition) is 1. The van der Waals surface area contributed by atoms with Gasteiger partial charge in [0.25, 0.3) is 0 Å². The topological polar surface area (TPSA) is 37.8 Å². The van der Waals surface area contributed by atoms with Crippen LogP contribution in [-0.2, 0) is 0 Å². The third-order valence-electron chi connectivity index (χ3n) is 4.70. The normalized spacial score (nSPS) is 23.1. The zero-order valence-electron chi connectivity index (χ0n) is 14.0. The van der Waals surface area contributed by atoms with Crippen LogP contribution in [0.3, 0.4) is 0 Å². The highest BCUT2D eigenvalue weighted by Crippen LogP contribution is 2.42. The lowest BCUT2D eigenvalue weighted by molar-refractivity contribution is 0.167. The summed E-state index contributed by atoms with van der Waals surface area (Å²) in [6, 6.07) is 0. The summed E-state index contributed by atoms with van der Waals surface area (Å²) in [5.41, 5.74) is 1.54. The van der Waals surface area contributed by atoms with E-state index in [1.807, 2.05) is 0 Å². The number of aryl methyl sites for hydroxylation is 1. The van der Waals surface area contributed by atoms with Gasteiger partial charge in [-0.2, -0.15) is 0 Å². The first-order valence-electron chi connectivity index (χ1n) is 8.10. The Morgan fingerprint density at radius 3 is 2.29 bits per heavy atom. The van der Waals surface area contributed by atoms with Crippen LogP contribution in [0.4, 0.5) is 5.82 Å². The van der Waals surface area contributed by atoms with Gasteiger partial charge >= 0.3 is 0 Å². The van der Waals surface area contributed by atoms with E-state index in [4.69, 9.17) is 9.97 Å². The molecule has 21 heavy (non-hydrogen) atoms. The summed E-state index contributed by atoms with van der Waals surface area (Å²) >= 11 is 2.34. The Bertz CT molecular complexity index is 486. The molecule has 1 aromatic rings. The van der Waals surface area contributed by atoms with Crippen LogP contribution in [0.2, 0.25) is 0 Å². The first-order valence-corrected chi connectivity index (χ1v) is 9.18. The molecule has 0 unspecified atom stereocenters. The lowest BCUT2D eigenvalue weighted by Gasteiger charge is -2.36. The third kappa shape index (κ3) is 4.08. The molecule has 0 bridgehead atoms. The number of halogens is 1. The summed E-state index contributed by atoms with van der Waals surface area (Å²) in [7, 11) is 0. The summed E-state index contributed by atoms with van der Waals surface area (Å²) < 4.78 is 1.15. The predicted octanol–water partition coefficient (Wildman–Crippen LogP) is 5.14. The zero-order valence-corrected chi connectivity index (χ0v) is 16.1. The molecule has 0 aliphatic heterocycles. The Morgan fingerprint density at radius 1 is 1.14 bits per heavy atom. The fourth-order valence-corrected chi connectivity index (χ4v) is 3.70. The molecule has 0 spiro atoms. The van der Waals surface area contributed by atoms with Crippen molar-refractivity contribution >= 4 is 28.4 Å². The monoisotopic (exact) mass is 401 g/mol.